The Morgan fingerprint density at radius 1 is 1.05 bits per heavy atom. The molecular formula is C28H29ClFN5O2. The van der Waals surface area contributed by atoms with Gasteiger partial charge in [-0.25, -0.2) is 14.4 Å². The Morgan fingerprint density at radius 3 is 2.78 bits per heavy atom. The van der Waals surface area contributed by atoms with E-state index in [1.807, 2.05) is 18.2 Å². The molecule has 2 aromatic carbocycles. The van der Waals surface area contributed by atoms with Gasteiger partial charge in [0.25, 0.3) is 0 Å². The van der Waals surface area contributed by atoms with Crippen LogP contribution < -0.4 is 10.1 Å². The molecule has 0 bridgehead atoms. The molecule has 0 amide bonds. The molecule has 0 spiro atoms. The molecule has 7 nitrogen and oxygen atoms in total. The first kappa shape index (κ1) is 25.2. The van der Waals surface area contributed by atoms with Crippen molar-refractivity contribution in [2.45, 2.75) is 32.3 Å². The highest BCUT2D eigenvalue weighted by molar-refractivity contribution is 6.32. The standard InChI is InChI=1S/C28H29ClFN5O2/c29-25-17-22(8-10-27(25)36-18-20-5-4-6-21(30)15-20)33-28-24-16-23(7-9-26(24)31-19-32-28)34-37-14-13-35-11-2-1-3-12-35/h4-10,15,17,19H,1-3,11-14,16,18H2,(H,31,32,33). The first-order valence-corrected chi connectivity index (χ1v) is 12.9. The maximum Gasteiger partial charge on any atom is 0.138 e. The van der Waals surface area contributed by atoms with Crippen molar-refractivity contribution in [3.8, 4) is 5.75 Å². The number of ether oxygens (including phenoxy) is 1. The van der Waals surface area contributed by atoms with E-state index in [9.17, 15) is 4.39 Å². The lowest BCUT2D eigenvalue weighted by Crippen LogP contribution is -2.32. The number of benzene rings is 2. The van der Waals surface area contributed by atoms with Crippen LogP contribution in [0.4, 0.5) is 15.9 Å². The molecular weight excluding hydrogens is 493 g/mol. The summed E-state index contributed by atoms with van der Waals surface area (Å²) in [5.74, 6) is 0.895. The molecule has 1 aliphatic carbocycles. The maximum absolute atomic E-state index is 13.4. The summed E-state index contributed by atoms with van der Waals surface area (Å²) in [6, 6.07) is 11.7. The summed E-state index contributed by atoms with van der Waals surface area (Å²) in [5.41, 5.74) is 4.08. The second-order valence-electron chi connectivity index (χ2n) is 9.10. The number of likely N-dealkylation sites (tertiary alicyclic amines) is 1. The summed E-state index contributed by atoms with van der Waals surface area (Å²) in [5, 5.41) is 8.12. The topological polar surface area (TPSA) is 71.9 Å². The van der Waals surface area contributed by atoms with E-state index >= 15 is 0 Å². The number of nitrogens with zero attached hydrogens (tertiary/aromatic N) is 4. The molecule has 5 rings (SSSR count). The Kier molecular flexibility index (Phi) is 8.28. The summed E-state index contributed by atoms with van der Waals surface area (Å²) < 4.78 is 19.2. The lowest BCUT2D eigenvalue weighted by Gasteiger charge is -2.25. The zero-order chi connectivity index (χ0) is 25.5. The number of aromatic nitrogens is 2. The Balaban J connectivity index is 1.20. The summed E-state index contributed by atoms with van der Waals surface area (Å²) >= 11 is 6.46. The highest BCUT2D eigenvalue weighted by Crippen LogP contribution is 2.31. The number of allylic oxidation sites excluding steroid dienone is 1. The summed E-state index contributed by atoms with van der Waals surface area (Å²) in [6.45, 7) is 3.98. The molecule has 0 unspecified atom stereocenters. The van der Waals surface area contributed by atoms with Gasteiger partial charge >= 0.3 is 0 Å². The minimum Gasteiger partial charge on any atom is -0.487 e. The minimum atomic E-state index is -0.299. The van der Waals surface area contributed by atoms with Crippen LogP contribution in [-0.4, -0.2) is 46.8 Å². The van der Waals surface area contributed by atoms with Crippen LogP contribution in [0.1, 0.15) is 36.1 Å². The average molecular weight is 522 g/mol. The van der Waals surface area contributed by atoms with E-state index in [0.717, 1.165) is 47.9 Å². The predicted molar refractivity (Wildman–Crippen MR) is 144 cm³/mol. The van der Waals surface area contributed by atoms with Crippen LogP contribution in [0.25, 0.3) is 6.08 Å². The van der Waals surface area contributed by atoms with Gasteiger partial charge in [-0.05, 0) is 74.0 Å². The molecule has 192 valence electrons. The number of hydrogen-bond acceptors (Lipinski definition) is 7. The van der Waals surface area contributed by atoms with Gasteiger partial charge in [-0.2, -0.15) is 0 Å². The molecule has 0 atom stereocenters. The Bertz CT molecular complexity index is 1290. The van der Waals surface area contributed by atoms with Gasteiger partial charge in [-0.15, -0.1) is 0 Å². The summed E-state index contributed by atoms with van der Waals surface area (Å²) in [7, 11) is 0. The molecule has 0 radical (unpaired) electrons. The Hall–Kier alpha value is -3.49. The fourth-order valence-corrected chi connectivity index (χ4v) is 4.67. The molecule has 1 aromatic heterocycles. The quantitative estimate of drug-likeness (QED) is 0.274. The Labute approximate surface area is 221 Å². The number of hydrogen-bond donors (Lipinski definition) is 1. The van der Waals surface area contributed by atoms with Gasteiger partial charge in [0, 0.05) is 24.2 Å². The van der Waals surface area contributed by atoms with E-state index in [1.54, 1.807) is 24.3 Å². The normalized spacial score (nSPS) is 16.4. The molecule has 2 aliphatic rings. The van der Waals surface area contributed by atoms with Crippen LogP contribution in [0.5, 0.6) is 5.75 Å². The van der Waals surface area contributed by atoms with Gasteiger partial charge in [0.05, 0.1) is 16.4 Å². The van der Waals surface area contributed by atoms with E-state index in [4.69, 9.17) is 21.2 Å². The van der Waals surface area contributed by atoms with Crippen molar-refractivity contribution in [2.75, 3.05) is 31.6 Å². The van der Waals surface area contributed by atoms with Crippen LogP contribution in [0.3, 0.4) is 0 Å². The van der Waals surface area contributed by atoms with Crippen molar-refractivity contribution < 1.29 is 14.0 Å². The highest BCUT2D eigenvalue weighted by atomic mass is 35.5. The van der Waals surface area contributed by atoms with Gasteiger partial charge in [0.1, 0.15) is 36.9 Å². The molecule has 0 saturated carbocycles. The van der Waals surface area contributed by atoms with Crippen LogP contribution in [0.2, 0.25) is 5.02 Å². The minimum absolute atomic E-state index is 0.220. The third-order valence-corrected chi connectivity index (χ3v) is 6.67. The van der Waals surface area contributed by atoms with Crippen molar-refractivity contribution in [3.63, 3.8) is 0 Å². The molecule has 3 aromatic rings. The molecule has 1 N–H and O–H groups in total. The average Bonchev–Trinajstić information content (AvgIpc) is 2.92. The van der Waals surface area contributed by atoms with E-state index < -0.39 is 0 Å². The Morgan fingerprint density at radius 2 is 1.95 bits per heavy atom. The second kappa shape index (κ2) is 12.2. The largest absolute Gasteiger partial charge is 0.487 e. The van der Waals surface area contributed by atoms with Crippen LogP contribution >= 0.6 is 11.6 Å². The van der Waals surface area contributed by atoms with E-state index in [2.05, 4.69) is 25.3 Å². The fourth-order valence-electron chi connectivity index (χ4n) is 4.43. The number of fused-ring (bicyclic) bond motifs is 1. The SMILES string of the molecule is Fc1cccc(COc2ccc(Nc3ncnc4c3CC(=NOCCN3CCCCC3)C=C4)cc2Cl)c1. The molecule has 2 heterocycles. The van der Waals surface area contributed by atoms with E-state index in [-0.39, 0.29) is 12.4 Å². The number of anilines is 2. The van der Waals surface area contributed by atoms with Crippen molar-refractivity contribution in [1.82, 2.24) is 14.9 Å². The zero-order valence-corrected chi connectivity index (χ0v) is 21.3. The fraction of sp³-hybridized carbons (Fsp3) is 0.321. The smallest absolute Gasteiger partial charge is 0.138 e. The number of rotatable bonds is 9. The summed E-state index contributed by atoms with van der Waals surface area (Å²) in [6.07, 6.45) is 9.79. The number of piperidine rings is 1. The van der Waals surface area contributed by atoms with Crippen molar-refractivity contribution in [3.05, 3.63) is 82.5 Å². The third-order valence-electron chi connectivity index (χ3n) is 6.38. The molecule has 1 aliphatic heterocycles. The predicted octanol–water partition coefficient (Wildman–Crippen LogP) is 6.02. The van der Waals surface area contributed by atoms with E-state index in [0.29, 0.717) is 29.6 Å². The molecule has 1 fully saturated rings. The summed E-state index contributed by atoms with van der Waals surface area (Å²) in [4.78, 5) is 16.9. The van der Waals surface area contributed by atoms with Crippen molar-refractivity contribution >= 4 is 34.9 Å². The molecule has 9 heteroatoms. The second-order valence-corrected chi connectivity index (χ2v) is 9.51. The van der Waals surface area contributed by atoms with E-state index in [1.165, 1.54) is 37.7 Å². The number of nitrogens with one attached hydrogen (secondary N) is 1. The van der Waals surface area contributed by atoms with Crippen LogP contribution in [0, 0.1) is 5.82 Å². The lowest BCUT2D eigenvalue weighted by atomic mass is 10.0. The first-order valence-electron chi connectivity index (χ1n) is 12.5. The number of halogens is 2. The van der Waals surface area contributed by atoms with Crippen LogP contribution in [-0.2, 0) is 17.9 Å². The van der Waals surface area contributed by atoms with Gasteiger partial charge in [-0.3, -0.25) is 4.90 Å². The van der Waals surface area contributed by atoms with Gasteiger partial charge < -0.3 is 14.9 Å². The van der Waals surface area contributed by atoms with Gasteiger partial charge in [0.15, 0.2) is 0 Å². The zero-order valence-electron chi connectivity index (χ0n) is 20.5. The van der Waals surface area contributed by atoms with Gasteiger partial charge in [-0.1, -0.05) is 35.3 Å². The first-order chi connectivity index (χ1) is 18.1. The lowest BCUT2D eigenvalue weighted by molar-refractivity contribution is 0.102. The van der Waals surface area contributed by atoms with Crippen molar-refractivity contribution in [2.24, 2.45) is 5.16 Å². The maximum atomic E-state index is 13.4. The monoisotopic (exact) mass is 521 g/mol. The van der Waals surface area contributed by atoms with Crippen molar-refractivity contribution in [1.29, 1.82) is 0 Å². The van der Waals surface area contributed by atoms with Gasteiger partial charge in [0.2, 0.25) is 0 Å². The molecule has 37 heavy (non-hydrogen) atoms. The molecule has 1 saturated heterocycles. The van der Waals surface area contributed by atoms with Crippen LogP contribution in [0.15, 0.2) is 60.0 Å². The highest BCUT2D eigenvalue weighted by Gasteiger charge is 2.17. The number of oxime groups is 1. The third kappa shape index (κ3) is 6.84.